The Hall–Kier alpha value is -4.01. The fourth-order valence-corrected chi connectivity index (χ4v) is 2.27. The molecule has 0 bridgehead atoms. The van der Waals surface area contributed by atoms with E-state index in [1.165, 1.54) is 30.5 Å². The number of carbonyl (C=O) groups excluding carboxylic acids is 1. The van der Waals surface area contributed by atoms with E-state index in [1.54, 1.807) is 6.20 Å². The second kappa shape index (κ2) is 8.39. The van der Waals surface area contributed by atoms with Gasteiger partial charge < -0.3 is 4.74 Å². The number of carbonyl (C=O) groups is 1. The molecule has 0 aliphatic rings. The van der Waals surface area contributed by atoms with Gasteiger partial charge in [0.25, 0.3) is 11.6 Å². The number of H-pyrrole nitrogens is 1. The number of nitro groups is 1. The van der Waals surface area contributed by atoms with Crippen LogP contribution in [0.25, 0.3) is 11.3 Å². The van der Waals surface area contributed by atoms with Gasteiger partial charge in [0.05, 0.1) is 29.1 Å². The van der Waals surface area contributed by atoms with Crippen molar-refractivity contribution in [2.24, 2.45) is 5.10 Å². The van der Waals surface area contributed by atoms with Crippen molar-refractivity contribution in [3.8, 4) is 17.0 Å². The van der Waals surface area contributed by atoms with E-state index in [-0.39, 0.29) is 18.0 Å². The van der Waals surface area contributed by atoms with Gasteiger partial charge in [-0.25, -0.2) is 5.43 Å². The number of nitrogens with zero attached hydrogens (tertiary/aromatic N) is 3. The average molecular weight is 365 g/mol. The molecule has 9 nitrogen and oxygen atoms in total. The van der Waals surface area contributed by atoms with Gasteiger partial charge in [0.1, 0.15) is 5.75 Å². The number of benzene rings is 2. The molecule has 0 aliphatic heterocycles. The maximum atomic E-state index is 11.8. The van der Waals surface area contributed by atoms with Crippen molar-refractivity contribution in [2.75, 3.05) is 6.61 Å². The number of hydrazone groups is 1. The molecule has 3 aromatic rings. The minimum Gasteiger partial charge on any atom is -0.483 e. The molecule has 0 saturated carbocycles. The number of aromatic nitrogens is 2. The van der Waals surface area contributed by atoms with Crippen molar-refractivity contribution in [1.29, 1.82) is 0 Å². The van der Waals surface area contributed by atoms with Crippen molar-refractivity contribution in [3.05, 3.63) is 76.5 Å². The SMILES string of the molecule is O=C(COc1cccc([N+](=O)[O-])c1)NN=Cc1cn[nH]c1-c1ccccc1. The van der Waals surface area contributed by atoms with Crippen LogP contribution in [-0.2, 0) is 4.79 Å². The van der Waals surface area contributed by atoms with Gasteiger partial charge in [-0.05, 0) is 6.07 Å². The third-order valence-corrected chi connectivity index (χ3v) is 3.52. The monoisotopic (exact) mass is 365 g/mol. The van der Waals surface area contributed by atoms with E-state index in [1.807, 2.05) is 30.3 Å². The van der Waals surface area contributed by atoms with Crippen LogP contribution in [-0.4, -0.2) is 33.8 Å². The van der Waals surface area contributed by atoms with E-state index >= 15 is 0 Å². The topological polar surface area (TPSA) is 123 Å². The van der Waals surface area contributed by atoms with Crippen LogP contribution in [0.2, 0.25) is 0 Å². The van der Waals surface area contributed by atoms with Gasteiger partial charge >= 0.3 is 0 Å². The Kier molecular flexibility index (Phi) is 5.53. The lowest BCUT2D eigenvalue weighted by Gasteiger charge is -2.04. The highest BCUT2D eigenvalue weighted by molar-refractivity contribution is 5.89. The second-order valence-corrected chi connectivity index (χ2v) is 5.40. The predicted octanol–water partition coefficient (Wildman–Crippen LogP) is 2.51. The lowest BCUT2D eigenvalue weighted by atomic mass is 10.1. The van der Waals surface area contributed by atoms with Crippen LogP contribution < -0.4 is 10.2 Å². The molecule has 9 heteroatoms. The van der Waals surface area contributed by atoms with Crippen LogP contribution in [0, 0.1) is 10.1 Å². The largest absolute Gasteiger partial charge is 0.483 e. The third kappa shape index (κ3) is 4.75. The highest BCUT2D eigenvalue weighted by Crippen LogP contribution is 2.19. The summed E-state index contributed by atoms with van der Waals surface area (Å²) in [5, 5.41) is 21.5. The molecule has 2 aromatic carbocycles. The Morgan fingerprint density at radius 3 is 2.85 bits per heavy atom. The van der Waals surface area contributed by atoms with Crippen LogP contribution in [0.4, 0.5) is 5.69 Å². The van der Waals surface area contributed by atoms with Gasteiger partial charge in [-0.1, -0.05) is 36.4 Å². The summed E-state index contributed by atoms with van der Waals surface area (Å²) in [7, 11) is 0. The minimum absolute atomic E-state index is 0.112. The van der Waals surface area contributed by atoms with E-state index in [4.69, 9.17) is 4.74 Å². The molecule has 27 heavy (non-hydrogen) atoms. The minimum atomic E-state index is -0.535. The van der Waals surface area contributed by atoms with Crippen LogP contribution in [0.5, 0.6) is 5.75 Å². The van der Waals surface area contributed by atoms with Gasteiger partial charge in [-0.3, -0.25) is 20.0 Å². The molecule has 1 aromatic heterocycles. The van der Waals surface area contributed by atoms with E-state index in [2.05, 4.69) is 20.7 Å². The van der Waals surface area contributed by atoms with Gasteiger partial charge in [0.15, 0.2) is 6.61 Å². The Labute approximate surface area is 153 Å². The molecule has 2 N–H and O–H groups in total. The Morgan fingerprint density at radius 2 is 2.07 bits per heavy atom. The van der Waals surface area contributed by atoms with E-state index in [9.17, 15) is 14.9 Å². The van der Waals surface area contributed by atoms with E-state index in [0.717, 1.165) is 11.3 Å². The van der Waals surface area contributed by atoms with Gasteiger partial charge in [-0.15, -0.1) is 0 Å². The first-order valence-corrected chi connectivity index (χ1v) is 7.91. The first-order chi connectivity index (χ1) is 13.1. The molecule has 0 unspecified atom stereocenters. The summed E-state index contributed by atoms with van der Waals surface area (Å²) >= 11 is 0. The average Bonchev–Trinajstić information content (AvgIpc) is 3.16. The molecule has 0 saturated heterocycles. The molecular formula is C18H15N5O4. The summed E-state index contributed by atoms with van der Waals surface area (Å²) in [6.07, 6.45) is 3.06. The summed E-state index contributed by atoms with van der Waals surface area (Å²) < 4.78 is 5.23. The fourth-order valence-electron chi connectivity index (χ4n) is 2.27. The van der Waals surface area contributed by atoms with Crippen molar-refractivity contribution in [2.45, 2.75) is 0 Å². The molecular weight excluding hydrogens is 350 g/mol. The lowest BCUT2D eigenvalue weighted by molar-refractivity contribution is -0.384. The number of hydrogen-bond donors (Lipinski definition) is 2. The number of non-ortho nitro benzene ring substituents is 1. The van der Waals surface area contributed by atoms with E-state index < -0.39 is 10.8 Å². The Bertz CT molecular complexity index is 969. The van der Waals surface area contributed by atoms with Gasteiger partial charge in [0, 0.05) is 17.2 Å². The molecule has 0 spiro atoms. The summed E-state index contributed by atoms with van der Waals surface area (Å²) in [4.78, 5) is 22.0. The van der Waals surface area contributed by atoms with Crippen LogP contribution in [0.1, 0.15) is 5.56 Å². The van der Waals surface area contributed by atoms with Crippen molar-refractivity contribution in [1.82, 2.24) is 15.6 Å². The number of nitro benzene ring substituents is 1. The first kappa shape index (κ1) is 17.8. The van der Waals surface area contributed by atoms with Gasteiger partial charge in [0.2, 0.25) is 0 Å². The number of hydrogen-bond acceptors (Lipinski definition) is 6. The summed E-state index contributed by atoms with van der Waals surface area (Å²) in [6.45, 7) is -0.324. The van der Waals surface area contributed by atoms with E-state index in [0.29, 0.717) is 5.56 Å². The maximum absolute atomic E-state index is 11.8. The standard InChI is InChI=1S/C18H15N5O4/c24-17(12-27-16-8-4-7-15(9-16)23(25)26)21-19-10-14-11-20-22-18(14)13-5-2-1-3-6-13/h1-11H,12H2,(H,20,22)(H,21,24). The molecule has 3 rings (SSSR count). The molecule has 0 radical (unpaired) electrons. The molecule has 0 atom stereocenters. The molecule has 0 aliphatic carbocycles. The smallest absolute Gasteiger partial charge is 0.277 e. The zero-order chi connectivity index (χ0) is 19.1. The van der Waals surface area contributed by atoms with Crippen LogP contribution in [0.3, 0.4) is 0 Å². The summed E-state index contributed by atoms with van der Waals surface area (Å²) in [6, 6.07) is 15.2. The highest BCUT2D eigenvalue weighted by Gasteiger charge is 2.08. The van der Waals surface area contributed by atoms with Crippen molar-refractivity contribution >= 4 is 17.8 Å². The van der Waals surface area contributed by atoms with Crippen LogP contribution >= 0.6 is 0 Å². The van der Waals surface area contributed by atoms with Gasteiger partial charge in [-0.2, -0.15) is 10.2 Å². The molecule has 0 fully saturated rings. The summed E-state index contributed by atoms with van der Waals surface area (Å²) in [5.41, 5.74) is 4.66. The fraction of sp³-hybridized carbons (Fsp3) is 0.0556. The quantitative estimate of drug-likeness (QED) is 0.378. The van der Waals surface area contributed by atoms with Crippen molar-refractivity contribution < 1.29 is 14.5 Å². The normalized spacial score (nSPS) is 10.7. The number of nitrogens with one attached hydrogen (secondary N) is 2. The zero-order valence-corrected chi connectivity index (χ0v) is 14.0. The van der Waals surface area contributed by atoms with Crippen LogP contribution in [0.15, 0.2) is 65.9 Å². The first-order valence-electron chi connectivity index (χ1n) is 7.91. The Balaban J connectivity index is 1.55. The maximum Gasteiger partial charge on any atom is 0.277 e. The number of ether oxygens (including phenoxy) is 1. The predicted molar refractivity (Wildman–Crippen MR) is 98.4 cm³/mol. The molecule has 1 amide bonds. The Morgan fingerprint density at radius 1 is 1.26 bits per heavy atom. The summed E-state index contributed by atoms with van der Waals surface area (Å²) in [5.74, 6) is -0.271. The highest BCUT2D eigenvalue weighted by atomic mass is 16.6. The molecule has 136 valence electrons. The number of rotatable bonds is 7. The molecule has 1 heterocycles. The number of amides is 1. The third-order valence-electron chi connectivity index (χ3n) is 3.52. The second-order valence-electron chi connectivity index (χ2n) is 5.40. The zero-order valence-electron chi connectivity index (χ0n) is 14.0. The lowest BCUT2D eigenvalue weighted by Crippen LogP contribution is -2.24. The van der Waals surface area contributed by atoms with Crippen molar-refractivity contribution in [3.63, 3.8) is 0 Å². The number of aromatic amines is 1.